The molecule has 1 unspecified atom stereocenters. The summed E-state index contributed by atoms with van der Waals surface area (Å²) < 4.78 is 33.4. The number of nitrogens with zero attached hydrogens (tertiary/aromatic N) is 1. The van der Waals surface area contributed by atoms with E-state index in [2.05, 4.69) is 5.32 Å². The first-order valence-electron chi connectivity index (χ1n) is 10.8. The summed E-state index contributed by atoms with van der Waals surface area (Å²) in [5, 5.41) is 2.98. The molecule has 0 saturated carbocycles. The SMILES string of the molecule is CCC(NC(=O)CN(c1ccc(C)c(C)c1)S(=O)(=O)c1ccccc1)c1ccc(OC)cc1. The van der Waals surface area contributed by atoms with E-state index in [1.54, 1.807) is 37.4 Å². The summed E-state index contributed by atoms with van der Waals surface area (Å²) in [7, 11) is -2.34. The van der Waals surface area contributed by atoms with E-state index in [0.29, 0.717) is 12.1 Å². The van der Waals surface area contributed by atoms with Crippen LogP contribution in [0.3, 0.4) is 0 Å². The first-order chi connectivity index (χ1) is 15.8. The zero-order chi connectivity index (χ0) is 24.0. The van der Waals surface area contributed by atoms with E-state index in [9.17, 15) is 13.2 Å². The fraction of sp³-hybridized carbons (Fsp3) is 0.269. The normalized spacial score (nSPS) is 12.1. The van der Waals surface area contributed by atoms with Gasteiger partial charge in [0, 0.05) is 0 Å². The minimum atomic E-state index is -3.94. The molecule has 174 valence electrons. The number of anilines is 1. The molecule has 0 spiro atoms. The molecule has 1 N–H and O–H groups in total. The van der Waals surface area contributed by atoms with Gasteiger partial charge in [0.25, 0.3) is 10.0 Å². The van der Waals surface area contributed by atoms with Crippen LogP contribution in [0.5, 0.6) is 5.75 Å². The second-order valence-corrected chi connectivity index (χ2v) is 9.76. The maximum absolute atomic E-state index is 13.5. The Morgan fingerprint density at radius 3 is 2.21 bits per heavy atom. The van der Waals surface area contributed by atoms with E-state index in [1.165, 1.54) is 16.4 Å². The minimum Gasteiger partial charge on any atom is -0.497 e. The number of hydrogen-bond donors (Lipinski definition) is 1. The van der Waals surface area contributed by atoms with Gasteiger partial charge in [-0.15, -0.1) is 0 Å². The van der Waals surface area contributed by atoms with Crippen molar-refractivity contribution in [3.05, 3.63) is 89.5 Å². The van der Waals surface area contributed by atoms with Crippen LogP contribution in [0.15, 0.2) is 77.7 Å². The molecular formula is C26H30N2O4S. The number of methoxy groups -OCH3 is 1. The Balaban J connectivity index is 1.90. The summed E-state index contributed by atoms with van der Waals surface area (Å²) >= 11 is 0. The number of ether oxygens (including phenoxy) is 1. The second-order valence-electron chi connectivity index (χ2n) is 7.89. The third-order valence-corrected chi connectivity index (χ3v) is 7.45. The average Bonchev–Trinajstić information content (AvgIpc) is 2.83. The van der Waals surface area contributed by atoms with Crippen LogP contribution in [0.25, 0.3) is 0 Å². The summed E-state index contributed by atoms with van der Waals surface area (Å²) in [6.07, 6.45) is 0.660. The van der Waals surface area contributed by atoms with Crippen LogP contribution < -0.4 is 14.4 Å². The molecule has 0 aliphatic heterocycles. The van der Waals surface area contributed by atoms with Crippen LogP contribution in [0.1, 0.15) is 36.1 Å². The second kappa shape index (κ2) is 10.5. The van der Waals surface area contributed by atoms with E-state index < -0.39 is 10.0 Å². The molecular weight excluding hydrogens is 436 g/mol. The summed E-state index contributed by atoms with van der Waals surface area (Å²) in [5.41, 5.74) is 3.38. The van der Waals surface area contributed by atoms with Gasteiger partial charge in [-0.2, -0.15) is 0 Å². The third kappa shape index (κ3) is 5.73. The number of carbonyl (C=O) groups excluding carboxylic acids is 1. The number of nitrogens with one attached hydrogen (secondary N) is 1. The van der Waals surface area contributed by atoms with Crippen molar-refractivity contribution in [3.63, 3.8) is 0 Å². The van der Waals surface area contributed by atoms with Gasteiger partial charge in [0.1, 0.15) is 12.3 Å². The molecule has 1 amide bonds. The van der Waals surface area contributed by atoms with Crippen molar-refractivity contribution in [2.75, 3.05) is 18.0 Å². The molecule has 0 aliphatic carbocycles. The summed E-state index contributed by atoms with van der Waals surface area (Å²) in [6.45, 7) is 5.52. The fourth-order valence-electron chi connectivity index (χ4n) is 3.54. The molecule has 3 aromatic rings. The smallest absolute Gasteiger partial charge is 0.264 e. The first-order valence-corrected chi connectivity index (χ1v) is 12.3. The molecule has 3 aromatic carbocycles. The van der Waals surface area contributed by atoms with Crippen LogP contribution in [0, 0.1) is 13.8 Å². The molecule has 6 nitrogen and oxygen atoms in total. The van der Waals surface area contributed by atoms with Crippen LogP contribution >= 0.6 is 0 Å². The lowest BCUT2D eigenvalue weighted by Crippen LogP contribution is -2.42. The third-order valence-electron chi connectivity index (χ3n) is 5.66. The van der Waals surface area contributed by atoms with Crippen LogP contribution in [-0.2, 0) is 14.8 Å². The van der Waals surface area contributed by atoms with Gasteiger partial charge in [-0.1, -0.05) is 43.3 Å². The van der Waals surface area contributed by atoms with Gasteiger partial charge in [-0.05, 0) is 73.4 Å². The Labute approximate surface area is 196 Å². The number of carbonyl (C=O) groups is 1. The van der Waals surface area contributed by atoms with Crippen LogP contribution in [0.4, 0.5) is 5.69 Å². The Hall–Kier alpha value is -3.32. The Bertz CT molecular complexity index is 1190. The highest BCUT2D eigenvalue weighted by molar-refractivity contribution is 7.92. The van der Waals surface area contributed by atoms with Crippen molar-refractivity contribution < 1.29 is 17.9 Å². The first kappa shape index (κ1) is 24.3. The van der Waals surface area contributed by atoms with Gasteiger partial charge in [0.05, 0.1) is 23.7 Å². The maximum atomic E-state index is 13.5. The molecule has 0 heterocycles. The van der Waals surface area contributed by atoms with E-state index in [1.807, 2.05) is 51.1 Å². The van der Waals surface area contributed by atoms with Crippen molar-refractivity contribution in [1.29, 1.82) is 0 Å². The molecule has 0 saturated heterocycles. The number of hydrogen-bond acceptors (Lipinski definition) is 4. The van der Waals surface area contributed by atoms with E-state index in [0.717, 1.165) is 22.4 Å². The number of benzene rings is 3. The molecule has 1 atom stereocenters. The summed E-state index contributed by atoms with van der Waals surface area (Å²) in [4.78, 5) is 13.2. The van der Waals surface area contributed by atoms with E-state index >= 15 is 0 Å². The fourth-order valence-corrected chi connectivity index (χ4v) is 4.98. The molecule has 0 aromatic heterocycles. The lowest BCUT2D eigenvalue weighted by molar-refractivity contribution is -0.120. The largest absolute Gasteiger partial charge is 0.497 e. The highest BCUT2D eigenvalue weighted by Gasteiger charge is 2.28. The molecule has 0 bridgehead atoms. The lowest BCUT2D eigenvalue weighted by atomic mass is 10.0. The van der Waals surface area contributed by atoms with E-state index in [-0.39, 0.29) is 23.4 Å². The molecule has 7 heteroatoms. The molecule has 33 heavy (non-hydrogen) atoms. The van der Waals surface area contributed by atoms with Crippen molar-refractivity contribution >= 4 is 21.6 Å². The van der Waals surface area contributed by atoms with Crippen molar-refractivity contribution in [3.8, 4) is 5.75 Å². The number of sulfonamides is 1. The lowest BCUT2D eigenvalue weighted by Gasteiger charge is -2.26. The summed E-state index contributed by atoms with van der Waals surface area (Å²) in [6, 6.07) is 20.8. The van der Waals surface area contributed by atoms with Gasteiger partial charge in [0.2, 0.25) is 5.91 Å². The minimum absolute atomic E-state index is 0.137. The predicted octanol–water partition coefficient (Wildman–Crippen LogP) is 4.77. The molecule has 0 aliphatic rings. The van der Waals surface area contributed by atoms with Crippen molar-refractivity contribution in [1.82, 2.24) is 5.32 Å². The molecule has 3 rings (SSSR count). The van der Waals surface area contributed by atoms with Gasteiger partial charge < -0.3 is 10.1 Å². The maximum Gasteiger partial charge on any atom is 0.264 e. The Morgan fingerprint density at radius 2 is 1.64 bits per heavy atom. The highest BCUT2D eigenvalue weighted by Crippen LogP contribution is 2.26. The number of rotatable bonds is 9. The Kier molecular flexibility index (Phi) is 7.76. The molecule has 0 radical (unpaired) electrons. The highest BCUT2D eigenvalue weighted by atomic mass is 32.2. The van der Waals surface area contributed by atoms with Crippen molar-refractivity contribution in [2.24, 2.45) is 0 Å². The van der Waals surface area contributed by atoms with Crippen molar-refractivity contribution in [2.45, 2.75) is 38.1 Å². The van der Waals surface area contributed by atoms with E-state index in [4.69, 9.17) is 4.74 Å². The standard InChI is InChI=1S/C26H30N2O4S/c1-5-25(21-12-15-23(32-4)16-13-21)27-26(29)18-28(22-14-11-19(2)20(3)17-22)33(30,31)24-9-7-6-8-10-24/h6-17,25H,5,18H2,1-4H3,(H,27,29). The van der Waals surface area contributed by atoms with Gasteiger partial charge in [-0.25, -0.2) is 8.42 Å². The Morgan fingerprint density at radius 1 is 0.970 bits per heavy atom. The zero-order valence-electron chi connectivity index (χ0n) is 19.4. The van der Waals surface area contributed by atoms with Crippen LogP contribution in [0.2, 0.25) is 0 Å². The topological polar surface area (TPSA) is 75.7 Å². The van der Waals surface area contributed by atoms with Gasteiger partial charge in [0.15, 0.2) is 0 Å². The summed E-state index contributed by atoms with van der Waals surface area (Å²) in [5.74, 6) is 0.352. The predicted molar refractivity (Wildman–Crippen MR) is 131 cm³/mol. The quantitative estimate of drug-likeness (QED) is 0.493. The van der Waals surface area contributed by atoms with Gasteiger partial charge in [-0.3, -0.25) is 9.10 Å². The molecule has 0 fully saturated rings. The zero-order valence-corrected chi connectivity index (χ0v) is 20.2. The van der Waals surface area contributed by atoms with Gasteiger partial charge >= 0.3 is 0 Å². The number of amides is 1. The van der Waals surface area contributed by atoms with Crippen LogP contribution in [-0.4, -0.2) is 28.0 Å². The number of aryl methyl sites for hydroxylation is 2. The monoisotopic (exact) mass is 466 g/mol. The average molecular weight is 467 g/mol.